The number of nitrogens with one attached hydrogen (secondary N) is 1. The molecule has 30 heavy (non-hydrogen) atoms. The fourth-order valence-electron chi connectivity index (χ4n) is 2.72. The van der Waals surface area contributed by atoms with Gasteiger partial charge in [0.15, 0.2) is 12.2 Å². The molecule has 1 aliphatic heterocycles. The van der Waals surface area contributed by atoms with Gasteiger partial charge in [-0.3, -0.25) is 4.79 Å². The van der Waals surface area contributed by atoms with Gasteiger partial charge in [0.05, 0.1) is 0 Å². The number of ether oxygens (including phenoxy) is 1. The van der Waals surface area contributed by atoms with Crippen LogP contribution in [-0.4, -0.2) is 56.6 Å². The van der Waals surface area contributed by atoms with Gasteiger partial charge in [-0.1, -0.05) is 54.6 Å². The van der Waals surface area contributed by atoms with Crippen LogP contribution < -0.4 is 5.32 Å². The standard InChI is InChI=1S/C17H17NO2.C4H6O6/c19-17(20-12-13-6-2-1-3-7-13)16-10-14-8-4-5-9-15(14)11-18-16;5-1(3(7)8)2(6)4(9)10/h1-9,16,18H,10-12H2;1-2,5-6H,(H,7,8)(H,9,10). The van der Waals surface area contributed by atoms with Gasteiger partial charge in [0.1, 0.15) is 12.6 Å². The van der Waals surface area contributed by atoms with E-state index in [-0.39, 0.29) is 12.0 Å². The number of aliphatic carboxylic acids is 2. The van der Waals surface area contributed by atoms with Crippen LogP contribution in [0.2, 0.25) is 0 Å². The summed E-state index contributed by atoms with van der Waals surface area (Å²) < 4.78 is 5.38. The number of carboxylic acids is 2. The fourth-order valence-corrected chi connectivity index (χ4v) is 2.72. The van der Waals surface area contributed by atoms with Gasteiger partial charge >= 0.3 is 17.9 Å². The maximum Gasteiger partial charge on any atom is 0.335 e. The Bertz CT molecular complexity index is 852. The topological polar surface area (TPSA) is 153 Å². The molecule has 2 aromatic carbocycles. The summed E-state index contributed by atoms with van der Waals surface area (Å²) in [6.45, 7) is 1.06. The molecule has 0 fully saturated rings. The molecular formula is C21H23NO8. The molecular weight excluding hydrogens is 394 g/mol. The van der Waals surface area contributed by atoms with Crippen LogP contribution in [0.1, 0.15) is 16.7 Å². The summed E-state index contributed by atoms with van der Waals surface area (Å²) in [4.78, 5) is 31.6. The maximum absolute atomic E-state index is 12.1. The lowest BCUT2D eigenvalue weighted by Gasteiger charge is -2.24. The van der Waals surface area contributed by atoms with Crippen molar-refractivity contribution in [1.29, 1.82) is 0 Å². The Morgan fingerprint density at radius 2 is 1.43 bits per heavy atom. The Labute approximate surface area is 172 Å². The second kappa shape index (κ2) is 11.1. The molecule has 3 atom stereocenters. The highest BCUT2D eigenvalue weighted by Crippen LogP contribution is 2.17. The fraction of sp³-hybridized carbons (Fsp3) is 0.286. The molecule has 0 spiro atoms. The molecule has 1 aliphatic rings. The van der Waals surface area contributed by atoms with Crippen molar-refractivity contribution in [2.45, 2.75) is 37.8 Å². The quantitative estimate of drug-likeness (QED) is 0.418. The maximum atomic E-state index is 12.1. The van der Waals surface area contributed by atoms with Gasteiger partial charge in [-0.25, -0.2) is 9.59 Å². The Kier molecular flexibility index (Phi) is 8.48. The van der Waals surface area contributed by atoms with Gasteiger partial charge in [-0.05, 0) is 23.1 Å². The van der Waals surface area contributed by atoms with Crippen LogP contribution in [0.25, 0.3) is 0 Å². The van der Waals surface area contributed by atoms with E-state index < -0.39 is 24.1 Å². The summed E-state index contributed by atoms with van der Waals surface area (Å²) in [6.07, 6.45) is -3.83. The van der Waals surface area contributed by atoms with Gasteiger partial charge in [-0.2, -0.15) is 0 Å². The molecule has 160 valence electrons. The minimum Gasteiger partial charge on any atom is -0.479 e. The van der Waals surface area contributed by atoms with Crippen LogP contribution in [-0.2, 0) is 38.7 Å². The lowest BCUT2D eigenvalue weighted by Crippen LogP contribution is -2.42. The van der Waals surface area contributed by atoms with E-state index in [2.05, 4.69) is 17.4 Å². The van der Waals surface area contributed by atoms with E-state index >= 15 is 0 Å². The van der Waals surface area contributed by atoms with Crippen LogP contribution in [0.5, 0.6) is 0 Å². The van der Waals surface area contributed by atoms with Crippen molar-refractivity contribution < 1.29 is 39.5 Å². The molecule has 5 N–H and O–H groups in total. The number of esters is 1. The van der Waals surface area contributed by atoms with Crippen molar-refractivity contribution in [3.05, 3.63) is 71.3 Å². The Morgan fingerprint density at radius 3 is 2.00 bits per heavy atom. The summed E-state index contributed by atoms with van der Waals surface area (Å²) in [7, 11) is 0. The monoisotopic (exact) mass is 417 g/mol. The Hall–Kier alpha value is -3.27. The third-order valence-electron chi connectivity index (χ3n) is 4.39. The smallest absolute Gasteiger partial charge is 0.335 e. The van der Waals surface area contributed by atoms with Gasteiger partial charge in [0, 0.05) is 6.54 Å². The highest BCUT2D eigenvalue weighted by atomic mass is 16.5. The predicted octanol–water partition coefficient (Wildman–Crippen LogP) is 0.322. The zero-order valence-corrected chi connectivity index (χ0v) is 16.0. The normalized spacial score (nSPS) is 16.8. The van der Waals surface area contributed by atoms with Crippen molar-refractivity contribution in [3.63, 3.8) is 0 Å². The Morgan fingerprint density at radius 1 is 0.900 bits per heavy atom. The first-order chi connectivity index (χ1) is 14.3. The zero-order chi connectivity index (χ0) is 22.1. The third-order valence-corrected chi connectivity index (χ3v) is 4.39. The number of carbonyl (C=O) groups excluding carboxylic acids is 1. The van der Waals surface area contributed by atoms with Crippen LogP contribution in [0.15, 0.2) is 54.6 Å². The van der Waals surface area contributed by atoms with Crippen molar-refractivity contribution >= 4 is 17.9 Å². The van der Waals surface area contributed by atoms with Crippen LogP contribution in [0.3, 0.4) is 0 Å². The Balaban J connectivity index is 0.000000274. The molecule has 3 unspecified atom stereocenters. The number of carboxylic acid groups (broad SMARTS) is 2. The minimum atomic E-state index is -2.27. The van der Waals surface area contributed by atoms with Gasteiger partial charge in [0.25, 0.3) is 0 Å². The van der Waals surface area contributed by atoms with Crippen molar-refractivity contribution in [1.82, 2.24) is 5.32 Å². The summed E-state index contributed by atoms with van der Waals surface area (Å²) in [6, 6.07) is 17.7. The molecule has 0 aromatic heterocycles. The number of fused-ring (bicyclic) bond motifs is 1. The van der Waals surface area contributed by atoms with E-state index in [1.54, 1.807) is 0 Å². The molecule has 9 heteroatoms. The van der Waals surface area contributed by atoms with E-state index in [0.717, 1.165) is 12.1 Å². The number of carbonyl (C=O) groups is 3. The summed E-state index contributed by atoms with van der Waals surface area (Å²) in [5.74, 6) is -3.71. The largest absolute Gasteiger partial charge is 0.479 e. The highest BCUT2D eigenvalue weighted by molar-refractivity contribution is 5.83. The predicted molar refractivity (Wildman–Crippen MR) is 104 cm³/mol. The molecule has 3 rings (SSSR count). The molecule has 0 saturated heterocycles. The van der Waals surface area contributed by atoms with E-state index in [4.69, 9.17) is 25.2 Å². The zero-order valence-electron chi connectivity index (χ0n) is 16.0. The summed E-state index contributed by atoms with van der Waals surface area (Å²) in [5, 5.41) is 35.8. The molecule has 0 amide bonds. The number of aliphatic hydroxyl groups excluding tert-OH is 2. The van der Waals surface area contributed by atoms with Crippen LogP contribution in [0, 0.1) is 0 Å². The lowest BCUT2D eigenvalue weighted by atomic mass is 9.96. The van der Waals surface area contributed by atoms with Crippen molar-refractivity contribution in [3.8, 4) is 0 Å². The molecule has 0 bridgehead atoms. The lowest BCUT2D eigenvalue weighted by molar-refractivity contribution is -0.165. The van der Waals surface area contributed by atoms with E-state index in [9.17, 15) is 14.4 Å². The molecule has 0 radical (unpaired) electrons. The molecule has 1 heterocycles. The van der Waals surface area contributed by atoms with E-state index in [1.807, 2.05) is 42.5 Å². The van der Waals surface area contributed by atoms with Crippen LogP contribution >= 0.6 is 0 Å². The second-order valence-corrected chi connectivity index (χ2v) is 6.57. The first-order valence-corrected chi connectivity index (χ1v) is 9.12. The van der Waals surface area contributed by atoms with Crippen LogP contribution in [0.4, 0.5) is 0 Å². The average Bonchev–Trinajstić information content (AvgIpc) is 2.77. The number of hydrogen-bond acceptors (Lipinski definition) is 7. The van der Waals surface area contributed by atoms with Gasteiger partial charge in [-0.15, -0.1) is 0 Å². The van der Waals surface area contributed by atoms with Crippen molar-refractivity contribution in [2.24, 2.45) is 0 Å². The first-order valence-electron chi connectivity index (χ1n) is 9.12. The molecule has 2 aromatic rings. The molecule has 0 aliphatic carbocycles. The molecule has 9 nitrogen and oxygen atoms in total. The first kappa shape index (κ1) is 23.0. The number of aliphatic hydroxyl groups is 2. The van der Waals surface area contributed by atoms with Crippen molar-refractivity contribution in [2.75, 3.05) is 0 Å². The highest BCUT2D eigenvalue weighted by Gasteiger charge is 2.29. The second-order valence-electron chi connectivity index (χ2n) is 6.57. The average molecular weight is 417 g/mol. The van der Waals surface area contributed by atoms with Gasteiger partial charge < -0.3 is 30.5 Å². The SMILES string of the molecule is O=C(O)C(O)C(O)C(=O)O.O=C(OCc1ccccc1)C1Cc2ccccc2CN1. The number of rotatable bonds is 6. The van der Waals surface area contributed by atoms with E-state index in [1.165, 1.54) is 11.1 Å². The van der Waals surface area contributed by atoms with E-state index in [0.29, 0.717) is 13.0 Å². The summed E-state index contributed by atoms with van der Waals surface area (Å²) in [5.41, 5.74) is 3.50. The van der Waals surface area contributed by atoms with Gasteiger partial charge in [0.2, 0.25) is 0 Å². The number of hydrogen-bond donors (Lipinski definition) is 5. The molecule has 0 saturated carbocycles. The minimum absolute atomic E-state index is 0.177. The number of benzene rings is 2. The third kappa shape index (κ3) is 6.66. The summed E-state index contributed by atoms with van der Waals surface area (Å²) >= 11 is 0.